The maximum absolute atomic E-state index is 12.4. The van der Waals surface area contributed by atoms with Crippen LogP contribution in [0.15, 0.2) is 11.1 Å². The largest absolute Gasteiger partial charge is 0.478 e. The number of rotatable bonds is 6. The molecule has 0 fully saturated rings. The minimum absolute atomic E-state index is 0.0426. The van der Waals surface area contributed by atoms with Gasteiger partial charge >= 0.3 is 12.1 Å². The fourth-order valence-electron chi connectivity index (χ4n) is 1.38. The summed E-state index contributed by atoms with van der Waals surface area (Å²) in [5.41, 5.74) is -0.415. The molecule has 19 heavy (non-hydrogen) atoms. The summed E-state index contributed by atoms with van der Waals surface area (Å²) < 4.78 is 37.2. The average Bonchev–Trinajstić information content (AvgIpc) is 2.30. The Morgan fingerprint density at radius 2 is 1.68 bits per heavy atom. The molecular formula is C12H18F3NO3. The fraction of sp³-hybridized carbons (Fsp3) is 0.667. The molecule has 0 aliphatic carbocycles. The molecule has 0 rings (SSSR count). The number of nitrogens with zero attached hydrogens (tertiary/aromatic N) is 1. The third kappa shape index (κ3) is 6.26. The average molecular weight is 281 g/mol. The van der Waals surface area contributed by atoms with E-state index in [4.69, 9.17) is 5.11 Å². The molecule has 110 valence electrons. The van der Waals surface area contributed by atoms with Crippen LogP contribution in [0.2, 0.25) is 0 Å². The number of carboxylic acid groups (broad SMARTS) is 1. The van der Waals surface area contributed by atoms with Gasteiger partial charge in [-0.3, -0.25) is 4.79 Å². The first-order chi connectivity index (χ1) is 8.60. The van der Waals surface area contributed by atoms with Gasteiger partial charge in [-0.2, -0.15) is 13.2 Å². The first kappa shape index (κ1) is 17.5. The van der Waals surface area contributed by atoms with E-state index in [1.54, 1.807) is 6.92 Å². The summed E-state index contributed by atoms with van der Waals surface area (Å²) in [7, 11) is 0. The maximum atomic E-state index is 12.4. The maximum Gasteiger partial charge on any atom is 0.406 e. The smallest absolute Gasteiger partial charge is 0.406 e. The van der Waals surface area contributed by atoms with Crippen molar-refractivity contribution >= 4 is 11.9 Å². The molecule has 0 saturated heterocycles. The number of alkyl halides is 3. The summed E-state index contributed by atoms with van der Waals surface area (Å²) in [6, 6.07) is 0. The lowest BCUT2D eigenvalue weighted by atomic mass is 10.1. The van der Waals surface area contributed by atoms with Gasteiger partial charge in [0.15, 0.2) is 0 Å². The first-order valence-corrected chi connectivity index (χ1v) is 5.87. The second-order valence-electron chi connectivity index (χ2n) is 4.25. The molecular weight excluding hydrogens is 263 g/mol. The summed E-state index contributed by atoms with van der Waals surface area (Å²) in [4.78, 5) is 23.2. The molecule has 0 unspecified atom stereocenters. The van der Waals surface area contributed by atoms with Gasteiger partial charge in [-0.1, -0.05) is 13.3 Å². The topological polar surface area (TPSA) is 57.6 Å². The number of unbranched alkanes of at least 4 members (excludes halogenated alkanes) is 1. The van der Waals surface area contributed by atoms with Crippen molar-refractivity contribution < 1.29 is 27.9 Å². The Kier molecular flexibility index (Phi) is 6.58. The van der Waals surface area contributed by atoms with Gasteiger partial charge in [0.05, 0.1) is 0 Å². The van der Waals surface area contributed by atoms with Crippen molar-refractivity contribution in [3.05, 3.63) is 11.1 Å². The number of amides is 1. The molecule has 0 heterocycles. The number of halogens is 3. The summed E-state index contributed by atoms with van der Waals surface area (Å²) in [5, 5.41) is 8.74. The van der Waals surface area contributed by atoms with E-state index in [9.17, 15) is 22.8 Å². The molecule has 0 aliphatic heterocycles. The van der Waals surface area contributed by atoms with Crippen LogP contribution in [-0.2, 0) is 9.59 Å². The van der Waals surface area contributed by atoms with Crippen LogP contribution >= 0.6 is 0 Å². The Labute approximate surface area is 109 Å². The minimum atomic E-state index is -4.50. The first-order valence-electron chi connectivity index (χ1n) is 5.87. The molecule has 1 N–H and O–H groups in total. The monoisotopic (exact) mass is 281 g/mol. The Hall–Kier alpha value is -1.53. The SMILES string of the molecule is CCCCN(CC(F)(F)F)C(=O)C(C)=C(C)C(=O)O. The van der Waals surface area contributed by atoms with Crippen LogP contribution in [0, 0.1) is 0 Å². The van der Waals surface area contributed by atoms with Gasteiger partial charge in [0.1, 0.15) is 6.54 Å². The van der Waals surface area contributed by atoms with Crippen molar-refractivity contribution in [2.45, 2.75) is 39.8 Å². The van der Waals surface area contributed by atoms with Gasteiger partial charge < -0.3 is 10.0 Å². The van der Waals surface area contributed by atoms with E-state index in [-0.39, 0.29) is 17.7 Å². The minimum Gasteiger partial charge on any atom is -0.478 e. The highest BCUT2D eigenvalue weighted by molar-refractivity contribution is 6.01. The lowest BCUT2D eigenvalue weighted by Crippen LogP contribution is -2.40. The highest BCUT2D eigenvalue weighted by atomic mass is 19.4. The number of carbonyl (C=O) groups excluding carboxylic acids is 1. The molecule has 0 saturated carbocycles. The van der Waals surface area contributed by atoms with Gasteiger partial charge in [0.25, 0.3) is 0 Å². The van der Waals surface area contributed by atoms with E-state index in [2.05, 4.69) is 0 Å². The lowest BCUT2D eigenvalue weighted by molar-refractivity contribution is -0.159. The second-order valence-corrected chi connectivity index (χ2v) is 4.25. The molecule has 0 atom stereocenters. The molecule has 0 spiro atoms. The zero-order valence-corrected chi connectivity index (χ0v) is 11.2. The Bertz CT molecular complexity index is 375. The lowest BCUT2D eigenvalue weighted by Gasteiger charge is -2.24. The van der Waals surface area contributed by atoms with E-state index in [0.29, 0.717) is 17.7 Å². The zero-order chi connectivity index (χ0) is 15.2. The van der Waals surface area contributed by atoms with E-state index < -0.39 is 24.6 Å². The molecule has 0 aromatic rings. The number of carboxylic acids is 1. The van der Waals surface area contributed by atoms with Gasteiger partial charge in [-0.15, -0.1) is 0 Å². The number of hydrogen-bond acceptors (Lipinski definition) is 2. The quantitative estimate of drug-likeness (QED) is 0.761. The van der Waals surface area contributed by atoms with Crippen LogP contribution in [0.5, 0.6) is 0 Å². The van der Waals surface area contributed by atoms with Crippen molar-refractivity contribution in [3.63, 3.8) is 0 Å². The van der Waals surface area contributed by atoms with Crippen molar-refractivity contribution in [2.75, 3.05) is 13.1 Å². The summed E-state index contributed by atoms with van der Waals surface area (Å²) in [5.74, 6) is -2.20. The van der Waals surface area contributed by atoms with Crippen molar-refractivity contribution in [1.29, 1.82) is 0 Å². The molecule has 0 aromatic carbocycles. The third-order valence-electron chi connectivity index (χ3n) is 2.64. The molecule has 4 nitrogen and oxygen atoms in total. The van der Waals surface area contributed by atoms with Crippen LogP contribution in [0.25, 0.3) is 0 Å². The van der Waals surface area contributed by atoms with Crippen LogP contribution in [0.1, 0.15) is 33.6 Å². The molecule has 0 radical (unpaired) electrons. The van der Waals surface area contributed by atoms with Crippen molar-refractivity contribution in [3.8, 4) is 0 Å². The normalized spacial score (nSPS) is 12.9. The molecule has 7 heteroatoms. The Morgan fingerprint density at radius 3 is 2.05 bits per heavy atom. The van der Waals surface area contributed by atoms with Gasteiger partial charge in [0, 0.05) is 17.7 Å². The second kappa shape index (κ2) is 7.16. The standard InChI is InChI=1S/C12H18F3NO3/c1-4-5-6-16(7-12(13,14)15)10(17)8(2)9(3)11(18)19/h4-7H2,1-3H3,(H,18,19). The van der Waals surface area contributed by atoms with Crippen LogP contribution in [0.4, 0.5) is 13.2 Å². The van der Waals surface area contributed by atoms with E-state index in [1.807, 2.05) is 0 Å². The summed E-state index contributed by atoms with van der Waals surface area (Å²) in [6.45, 7) is 2.80. The Balaban J connectivity index is 5.10. The van der Waals surface area contributed by atoms with E-state index in [0.717, 1.165) is 0 Å². The fourth-order valence-corrected chi connectivity index (χ4v) is 1.38. The molecule has 0 aliphatic rings. The van der Waals surface area contributed by atoms with Crippen molar-refractivity contribution in [1.82, 2.24) is 4.90 Å². The van der Waals surface area contributed by atoms with Crippen LogP contribution < -0.4 is 0 Å². The number of aliphatic carboxylic acids is 1. The van der Waals surface area contributed by atoms with Crippen LogP contribution in [-0.4, -0.2) is 41.1 Å². The van der Waals surface area contributed by atoms with Gasteiger partial charge in [-0.05, 0) is 20.3 Å². The van der Waals surface area contributed by atoms with Gasteiger partial charge in [0.2, 0.25) is 5.91 Å². The molecule has 1 amide bonds. The van der Waals surface area contributed by atoms with Crippen molar-refractivity contribution in [2.24, 2.45) is 0 Å². The third-order valence-corrected chi connectivity index (χ3v) is 2.64. The highest BCUT2D eigenvalue weighted by Gasteiger charge is 2.33. The number of carbonyl (C=O) groups is 2. The number of hydrogen-bond donors (Lipinski definition) is 1. The Morgan fingerprint density at radius 1 is 1.16 bits per heavy atom. The van der Waals surface area contributed by atoms with Gasteiger partial charge in [-0.25, -0.2) is 4.79 Å². The van der Waals surface area contributed by atoms with E-state index >= 15 is 0 Å². The predicted molar refractivity (Wildman–Crippen MR) is 63.6 cm³/mol. The molecule has 0 bridgehead atoms. The highest BCUT2D eigenvalue weighted by Crippen LogP contribution is 2.19. The zero-order valence-electron chi connectivity index (χ0n) is 11.2. The molecule has 0 aromatic heterocycles. The summed E-state index contributed by atoms with van der Waals surface area (Å²) >= 11 is 0. The predicted octanol–water partition coefficient (Wildman–Crippen LogP) is 2.60. The summed E-state index contributed by atoms with van der Waals surface area (Å²) in [6.07, 6.45) is -3.43. The van der Waals surface area contributed by atoms with Crippen LogP contribution in [0.3, 0.4) is 0 Å². The van der Waals surface area contributed by atoms with E-state index in [1.165, 1.54) is 13.8 Å².